The second kappa shape index (κ2) is 8.87. The van der Waals surface area contributed by atoms with Gasteiger partial charge in [-0.2, -0.15) is 4.68 Å². The van der Waals surface area contributed by atoms with Crippen LogP contribution in [-0.4, -0.2) is 53.0 Å². The Hall–Kier alpha value is -1.44. The predicted octanol–water partition coefficient (Wildman–Crippen LogP) is 2.33. The maximum absolute atomic E-state index is 12.3. The van der Waals surface area contributed by atoms with E-state index in [1.54, 1.807) is 4.90 Å². The average molecular weight is 330 g/mol. The quantitative estimate of drug-likeness (QED) is 0.649. The summed E-state index contributed by atoms with van der Waals surface area (Å²) in [7, 11) is -3.50. The van der Waals surface area contributed by atoms with Gasteiger partial charge in [0.1, 0.15) is 6.33 Å². The van der Waals surface area contributed by atoms with E-state index in [1.165, 1.54) is 6.33 Å². The minimum Gasteiger partial charge on any atom is -0.323 e. The van der Waals surface area contributed by atoms with Crippen molar-refractivity contribution in [2.45, 2.75) is 58.0 Å². The molecule has 0 bridgehead atoms. The van der Waals surface area contributed by atoms with Gasteiger partial charge in [-0.05, 0) is 19.8 Å². The summed E-state index contributed by atoms with van der Waals surface area (Å²) in [6, 6.07) is -0.331. The Labute approximate surface area is 132 Å². The summed E-state index contributed by atoms with van der Waals surface area (Å²) in [6.45, 7) is 7.10. The summed E-state index contributed by atoms with van der Waals surface area (Å²) in [5.74, 6) is 0.00962. The van der Waals surface area contributed by atoms with Gasteiger partial charge < -0.3 is 4.90 Å². The molecule has 0 aromatic carbocycles. The van der Waals surface area contributed by atoms with Gasteiger partial charge in [0.25, 0.3) is 5.16 Å². The highest BCUT2D eigenvalue weighted by molar-refractivity contribution is 7.91. The Morgan fingerprint density at radius 3 is 2.45 bits per heavy atom. The van der Waals surface area contributed by atoms with Gasteiger partial charge in [0.05, 0.1) is 5.75 Å². The van der Waals surface area contributed by atoms with Crippen molar-refractivity contribution in [1.29, 1.82) is 0 Å². The van der Waals surface area contributed by atoms with Gasteiger partial charge in [-0.25, -0.2) is 18.2 Å². The van der Waals surface area contributed by atoms with Crippen molar-refractivity contribution in [3.8, 4) is 0 Å². The summed E-state index contributed by atoms with van der Waals surface area (Å²) in [6.07, 6.45) is 5.57. The normalized spacial score (nSPS) is 11.6. The molecule has 0 saturated carbocycles. The van der Waals surface area contributed by atoms with Gasteiger partial charge in [-0.3, -0.25) is 0 Å². The first-order valence-electron chi connectivity index (χ1n) is 7.89. The Balaban J connectivity index is 2.79. The number of carbonyl (C=O) groups is 1. The molecule has 0 unspecified atom stereocenters. The molecule has 0 aliphatic carbocycles. The van der Waals surface area contributed by atoms with E-state index < -0.39 is 9.84 Å². The number of unbranched alkanes of at least 4 members (excludes halogenated alkanes) is 3. The molecule has 0 saturated heterocycles. The van der Waals surface area contributed by atoms with Crippen LogP contribution >= 0.6 is 0 Å². The average Bonchev–Trinajstić information content (AvgIpc) is 3.00. The third-order valence-corrected chi connectivity index (χ3v) is 4.96. The molecule has 0 aliphatic rings. The van der Waals surface area contributed by atoms with Crippen LogP contribution in [0.4, 0.5) is 4.79 Å². The van der Waals surface area contributed by atoms with Crippen molar-refractivity contribution < 1.29 is 13.2 Å². The van der Waals surface area contributed by atoms with Crippen LogP contribution in [0.15, 0.2) is 11.5 Å². The predicted molar refractivity (Wildman–Crippen MR) is 84.5 cm³/mol. The lowest BCUT2D eigenvalue weighted by molar-refractivity contribution is 0.197. The molecule has 22 heavy (non-hydrogen) atoms. The minimum absolute atomic E-state index is 0.00962. The van der Waals surface area contributed by atoms with Crippen LogP contribution in [0.25, 0.3) is 0 Å². The summed E-state index contributed by atoms with van der Waals surface area (Å²) < 4.78 is 25.1. The van der Waals surface area contributed by atoms with Crippen LogP contribution in [0.3, 0.4) is 0 Å². The fraction of sp³-hybridized carbons (Fsp3) is 0.786. The standard InChI is InChI=1S/C14H26N4O3S/c1-4-7-9-10-17(6-3)14(19)18-12-15-13(16-18)22(20,21)11-8-5-2/h12H,4-11H2,1-3H3. The molecule has 0 N–H and O–H groups in total. The third-order valence-electron chi connectivity index (χ3n) is 3.40. The molecule has 126 valence electrons. The molecule has 7 nitrogen and oxygen atoms in total. The van der Waals surface area contributed by atoms with E-state index >= 15 is 0 Å². The monoisotopic (exact) mass is 330 g/mol. The van der Waals surface area contributed by atoms with Crippen molar-refractivity contribution in [3.05, 3.63) is 6.33 Å². The molecule has 0 fully saturated rings. The van der Waals surface area contributed by atoms with Crippen molar-refractivity contribution in [2.75, 3.05) is 18.8 Å². The minimum atomic E-state index is -3.50. The SMILES string of the molecule is CCCCCN(CC)C(=O)n1cnc(S(=O)(=O)CCCC)n1. The van der Waals surface area contributed by atoms with Gasteiger partial charge in [-0.1, -0.05) is 33.1 Å². The number of nitrogens with zero attached hydrogens (tertiary/aromatic N) is 4. The van der Waals surface area contributed by atoms with Gasteiger partial charge in [-0.15, -0.1) is 5.10 Å². The van der Waals surface area contributed by atoms with Crippen molar-refractivity contribution in [2.24, 2.45) is 0 Å². The number of rotatable bonds is 9. The first kappa shape index (κ1) is 18.6. The van der Waals surface area contributed by atoms with Crippen LogP contribution in [0.2, 0.25) is 0 Å². The zero-order chi connectivity index (χ0) is 16.6. The lowest BCUT2D eigenvalue weighted by Crippen LogP contribution is -2.35. The lowest BCUT2D eigenvalue weighted by atomic mass is 10.2. The lowest BCUT2D eigenvalue weighted by Gasteiger charge is -2.19. The Kier molecular flexibility index (Phi) is 7.50. The van der Waals surface area contributed by atoms with Crippen LogP contribution in [0, 0.1) is 0 Å². The van der Waals surface area contributed by atoms with Crippen LogP contribution in [0.5, 0.6) is 0 Å². The van der Waals surface area contributed by atoms with E-state index in [0.717, 1.165) is 30.4 Å². The van der Waals surface area contributed by atoms with Gasteiger partial charge in [0.2, 0.25) is 9.84 Å². The molecular weight excluding hydrogens is 304 g/mol. The largest absolute Gasteiger partial charge is 0.346 e. The number of sulfone groups is 1. The molecule has 8 heteroatoms. The molecule has 1 heterocycles. The zero-order valence-corrected chi connectivity index (χ0v) is 14.5. The van der Waals surface area contributed by atoms with Crippen LogP contribution in [0.1, 0.15) is 52.9 Å². The second-order valence-electron chi connectivity index (χ2n) is 5.21. The second-order valence-corrected chi connectivity index (χ2v) is 7.22. The van der Waals surface area contributed by atoms with Crippen molar-refractivity contribution >= 4 is 15.9 Å². The van der Waals surface area contributed by atoms with E-state index in [1.807, 2.05) is 13.8 Å². The van der Waals surface area contributed by atoms with E-state index in [-0.39, 0.29) is 16.9 Å². The smallest absolute Gasteiger partial charge is 0.323 e. The van der Waals surface area contributed by atoms with Crippen molar-refractivity contribution in [3.63, 3.8) is 0 Å². The van der Waals surface area contributed by atoms with E-state index in [9.17, 15) is 13.2 Å². The molecule has 0 atom stereocenters. The van der Waals surface area contributed by atoms with E-state index in [2.05, 4.69) is 17.0 Å². The molecule has 0 aliphatic heterocycles. The number of hydrogen-bond donors (Lipinski definition) is 0. The van der Waals surface area contributed by atoms with Gasteiger partial charge >= 0.3 is 6.03 Å². The Morgan fingerprint density at radius 1 is 1.18 bits per heavy atom. The van der Waals surface area contributed by atoms with Gasteiger partial charge in [0.15, 0.2) is 0 Å². The van der Waals surface area contributed by atoms with Crippen molar-refractivity contribution in [1.82, 2.24) is 19.7 Å². The fourth-order valence-corrected chi connectivity index (χ4v) is 3.27. The Morgan fingerprint density at radius 2 is 1.86 bits per heavy atom. The first-order valence-corrected chi connectivity index (χ1v) is 9.55. The maximum atomic E-state index is 12.3. The van der Waals surface area contributed by atoms with E-state index in [0.29, 0.717) is 19.5 Å². The fourth-order valence-electron chi connectivity index (χ4n) is 1.99. The third kappa shape index (κ3) is 5.08. The molecular formula is C14H26N4O3S. The number of aromatic nitrogens is 3. The van der Waals surface area contributed by atoms with E-state index in [4.69, 9.17) is 0 Å². The molecule has 0 radical (unpaired) electrons. The topological polar surface area (TPSA) is 85.2 Å². The zero-order valence-electron chi connectivity index (χ0n) is 13.7. The van der Waals surface area contributed by atoms with Crippen LogP contribution in [-0.2, 0) is 9.84 Å². The number of hydrogen-bond acceptors (Lipinski definition) is 5. The van der Waals surface area contributed by atoms with Gasteiger partial charge in [0, 0.05) is 13.1 Å². The maximum Gasteiger partial charge on any atom is 0.346 e. The number of carbonyl (C=O) groups excluding carboxylic acids is 1. The summed E-state index contributed by atoms with van der Waals surface area (Å²) in [5, 5.41) is 3.59. The number of amides is 1. The molecule has 1 aromatic heterocycles. The highest BCUT2D eigenvalue weighted by Crippen LogP contribution is 2.08. The highest BCUT2D eigenvalue weighted by Gasteiger charge is 2.22. The van der Waals surface area contributed by atoms with Crippen LogP contribution < -0.4 is 0 Å². The highest BCUT2D eigenvalue weighted by atomic mass is 32.2. The summed E-state index contributed by atoms with van der Waals surface area (Å²) in [4.78, 5) is 17.8. The molecule has 1 aromatic rings. The molecule has 1 rings (SSSR count). The first-order chi connectivity index (χ1) is 10.5. The summed E-state index contributed by atoms with van der Waals surface area (Å²) >= 11 is 0. The Bertz CT molecular complexity index is 568. The summed E-state index contributed by atoms with van der Waals surface area (Å²) in [5.41, 5.74) is 0. The molecule has 0 spiro atoms. The molecule has 1 amide bonds.